The molecule has 1 N–H and O–H groups in total. The zero-order valence-electron chi connectivity index (χ0n) is 8.95. The quantitative estimate of drug-likeness (QED) is 0.750. The van der Waals surface area contributed by atoms with Gasteiger partial charge in [-0.2, -0.15) is 0 Å². The molecule has 1 rings (SSSR count). The normalized spacial score (nSPS) is 13.0. The van der Waals surface area contributed by atoms with E-state index in [1.165, 1.54) is 4.88 Å². The molecule has 1 unspecified atom stereocenters. The first-order valence-electron chi connectivity index (χ1n) is 5.07. The summed E-state index contributed by atoms with van der Waals surface area (Å²) >= 11 is 1.83. The third-order valence-corrected chi connectivity index (χ3v) is 3.14. The number of methoxy groups -OCH3 is 1. The van der Waals surface area contributed by atoms with Gasteiger partial charge in [0.1, 0.15) is 0 Å². The maximum atomic E-state index is 5.03. The van der Waals surface area contributed by atoms with E-state index in [0.717, 1.165) is 26.0 Å². The van der Waals surface area contributed by atoms with Gasteiger partial charge in [-0.3, -0.25) is 0 Å². The molecule has 0 bridgehead atoms. The maximum absolute atomic E-state index is 5.03. The second kappa shape index (κ2) is 6.98. The Morgan fingerprint density at radius 2 is 2.43 bits per heavy atom. The summed E-state index contributed by atoms with van der Waals surface area (Å²) in [6.45, 7) is 4.10. The van der Waals surface area contributed by atoms with E-state index in [-0.39, 0.29) is 0 Å². The van der Waals surface area contributed by atoms with Gasteiger partial charge in [0.25, 0.3) is 0 Å². The Hall–Kier alpha value is -0.380. The van der Waals surface area contributed by atoms with Crippen molar-refractivity contribution >= 4 is 11.3 Å². The van der Waals surface area contributed by atoms with Gasteiger partial charge >= 0.3 is 0 Å². The zero-order valence-corrected chi connectivity index (χ0v) is 9.77. The average molecular weight is 213 g/mol. The fraction of sp³-hybridized carbons (Fsp3) is 0.636. The summed E-state index contributed by atoms with van der Waals surface area (Å²) in [5, 5.41) is 5.61. The van der Waals surface area contributed by atoms with E-state index < -0.39 is 0 Å². The molecule has 0 aliphatic carbocycles. The van der Waals surface area contributed by atoms with E-state index in [2.05, 4.69) is 29.8 Å². The fourth-order valence-electron chi connectivity index (χ4n) is 1.29. The predicted octanol–water partition coefficient (Wildman–Crippen LogP) is 2.31. The van der Waals surface area contributed by atoms with Crippen LogP contribution >= 0.6 is 11.3 Å². The molecule has 2 nitrogen and oxygen atoms in total. The average Bonchev–Trinajstić information content (AvgIpc) is 2.67. The minimum atomic E-state index is 0.551. The highest BCUT2D eigenvalue weighted by Gasteiger charge is 2.00. The van der Waals surface area contributed by atoms with Crippen LogP contribution in [0, 0.1) is 0 Å². The number of thiophene rings is 1. The van der Waals surface area contributed by atoms with E-state index in [9.17, 15) is 0 Å². The summed E-state index contributed by atoms with van der Waals surface area (Å²) in [6, 6.07) is 4.84. The number of rotatable bonds is 7. The Balaban J connectivity index is 2.03. The SMILES string of the molecule is COCCC(C)NCCc1cccs1. The van der Waals surface area contributed by atoms with Crippen LogP contribution in [0.2, 0.25) is 0 Å². The molecule has 1 aromatic heterocycles. The largest absolute Gasteiger partial charge is 0.385 e. The molecule has 3 heteroatoms. The van der Waals surface area contributed by atoms with Crippen LogP contribution in [-0.4, -0.2) is 26.3 Å². The molecule has 1 atom stereocenters. The first-order valence-corrected chi connectivity index (χ1v) is 5.95. The van der Waals surface area contributed by atoms with Gasteiger partial charge in [-0.25, -0.2) is 0 Å². The van der Waals surface area contributed by atoms with E-state index in [1.54, 1.807) is 7.11 Å². The van der Waals surface area contributed by atoms with Crippen LogP contribution in [0.4, 0.5) is 0 Å². The van der Waals surface area contributed by atoms with Crippen LogP contribution in [0.15, 0.2) is 17.5 Å². The molecular formula is C11H19NOS. The smallest absolute Gasteiger partial charge is 0.0476 e. The van der Waals surface area contributed by atoms with E-state index >= 15 is 0 Å². The third-order valence-electron chi connectivity index (χ3n) is 2.20. The van der Waals surface area contributed by atoms with Gasteiger partial charge in [-0.15, -0.1) is 11.3 Å². The Kier molecular flexibility index (Phi) is 5.83. The zero-order chi connectivity index (χ0) is 10.2. The molecule has 1 heterocycles. The number of ether oxygens (including phenoxy) is 1. The molecular weight excluding hydrogens is 194 g/mol. The van der Waals surface area contributed by atoms with E-state index in [1.807, 2.05) is 11.3 Å². The Morgan fingerprint density at radius 1 is 1.57 bits per heavy atom. The van der Waals surface area contributed by atoms with Crippen LogP contribution < -0.4 is 5.32 Å². The lowest BCUT2D eigenvalue weighted by Crippen LogP contribution is -2.28. The summed E-state index contributed by atoms with van der Waals surface area (Å²) in [5.74, 6) is 0. The molecule has 0 spiro atoms. The van der Waals surface area contributed by atoms with Crippen LogP contribution in [0.3, 0.4) is 0 Å². The molecule has 0 aliphatic rings. The second-order valence-corrected chi connectivity index (χ2v) is 4.50. The van der Waals surface area contributed by atoms with E-state index in [0.29, 0.717) is 6.04 Å². The van der Waals surface area contributed by atoms with Gasteiger partial charge in [-0.1, -0.05) is 6.07 Å². The van der Waals surface area contributed by atoms with Crippen molar-refractivity contribution in [2.75, 3.05) is 20.3 Å². The minimum Gasteiger partial charge on any atom is -0.385 e. The van der Waals surface area contributed by atoms with Crippen LogP contribution in [0.25, 0.3) is 0 Å². The summed E-state index contributed by atoms with van der Waals surface area (Å²) in [5.41, 5.74) is 0. The Morgan fingerprint density at radius 3 is 3.07 bits per heavy atom. The number of nitrogens with one attached hydrogen (secondary N) is 1. The van der Waals surface area contributed by atoms with Crippen molar-refractivity contribution in [3.05, 3.63) is 22.4 Å². The molecule has 0 fully saturated rings. The summed E-state index contributed by atoms with van der Waals surface area (Å²) in [4.78, 5) is 1.46. The third kappa shape index (κ3) is 4.74. The molecule has 0 amide bonds. The lowest BCUT2D eigenvalue weighted by molar-refractivity contribution is 0.185. The highest BCUT2D eigenvalue weighted by molar-refractivity contribution is 7.09. The topological polar surface area (TPSA) is 21.3 Å². The first-order chi connectivity index (χ1) is 6.83. The number of hydrogen-bond donors (Lipinski definition) is 1. The highest BCUT2D eigenvalue weighted by Crippen LogP contribution is 2.08. The van der Waals surface area contributed by atoms with Gasteiger partial charge in [0.05, 0.1) is 0 Å². The Labute approximate surface area is 90.3 Å². The molecule has 0 aromatic carbocycles. The summed E-state index contributed by atoms with van der Waals surface area (Å²) in [7, 11) is 1.75. The lowest BCUT2D eigenvalue weighted by Gasteiger charge is -2.12. The maximum Gasteiger partial charge on any atom is 0.0476 e. The standard InChI is InChI=1S/C11H19NOS/c1-10(6-8-13-2)12-7-5-11-4-3-9-14-11/h3-4,9-10,12H,5-8H2,1-2H3. The van der Waals surface area contributed by atoms with Gasteiger partial charge in [-0.05, 0) is 31.2 Å². The molecule has 0 radical (unpaired) electrons. The monoisotopic (exact) mass is 213 g/mol. The van der Waals surface area contributed by atoms with Crippen molar-refractivity contribution in [1.29, 1.82) is 0 Å². The van der Waals surface area contributed by atoms with Crippen molar-refractivity contribution in [3.8, 4) is 0 Å². The summed E-state index contributed by atoms with van der Waals surface area (Å²) < 4.78 is 5.03. The predicted molar refractivity (Wildman–Crippen MR) is 62.0 cm³/mol. The van der Waals surface area contributed by atoms with Gasteiger partial charge < -0.3 is 10.1 Å². The van der Waals surface area contributed by atoms with Crippen LogP contribution in [0.1, 0.15) is 18.2 Å². The molecule has 0 saturated heterocycles. The summed E-state index contributed by atoms with van der Waals surface area (Å²) in [6.07, 6.45) is 2.22. The molecule has 0 aliphatic heterocycles. The molecule has 14 heavy (non-hydrogen) atoms. The van der Waals surface area contributed by atoms with Crippen molar-refractivity contribution in [2.24, 2.45) is 0 Å². The van der Waals surface area contributed by atoms with Crippen molar-refractivity contribution in [3.63, 3.8) is 0 Å². The van der Waals surface area contributed by atoms with Gasteiger partial charge in [0, 0.05) is 31.2 Å². The van der Waals surface area contributed by atoms with Crippen molar-refractivity contribution < 1.29 is 4.74 Å². The highest BCUT2D eigenvalue weighted by atomic mass is 32.1. The second-order valence-electron chi connectivity index (χ2n) is 3.47. The van der Waals surface area contributed by atoms with Gasteiger partial charge in [0.15, 0.2) is 0 Å². The van der Waals surface area contributed by atoms with Crippen LogP contribution in [0.5, 0.6) is 0 Å². The molecule has 80 valence electrons. The van der Waals surface area contributed by atoms with E-state index in [4.69, 9.17) is 4.74 Å². The minimum absolute atomic E-state index is 0.551. The van der Waals surface area contributed by atoms with Gasteiger partial charge in [0.2, 0.25) is 0 Å². The van der Waals surface area contributed by atoms with Crippen molar-refractivity contribution in [2.45, 2.75) is 25.8 Å². The Bertz CT molecular complexity index is 223. The van der Waals surface area contributed by atoms with Crippen molar-refractivity contribution in [1.82, 2.24) is 5.32 Å². The number of hydrogen-bond acceptors (Lipinski definition) is 3. The molecule has 0 saturated carbocycles. The first kappa shape index (κ1) is 11.7. The fourth-order valence-corrected chi connectivity index (χ4v) is 2.00. The molecule has 1 aromatic rings. The van der Waals surface area contributed by atoms with Crippen LogP contribution in [-0.2, 0) is 11.2 Å². The lowest BCUT2D eigenvalue weighted by atomic mass is 10.2.